The van der Waals surface area contributed by atoms with Crippen LogP contribution >= 0.6 is 0 Å². The molecule has 3 rings (SSSR count). The lowest BCUT2D eigenvalue weighted by molar-refractivity contribution is 0.0697. The van der Waals surface area contributed by atoms with Gasteiger partial charge in [0.1, 0.15) is 5.75 Å². The van der Waals surface area contributed by atoms with Crippen LogP contribution in [-0.2, 0) is 7.05 Å². The molecule has 1 aromatic carbocycles. The number of anilines is 3. The smallest absolute Gasteiger partial charge is 0.337 e. The third-order valence-electron chi connectivity index (χ3n) is 4.51. The third-order valence-corrected chi connectivity index (χ3v) is 4.51. The number of nitrogens with zero attached hydrogens (tertiary/aromatic N) is 4. The SMILES string of the molecule is COc1cc(NCCN(C)C)ccc1Nc1nccc(-c2cc(C(=O)O)cn2C)n1. The predicted octanol–water partition coefficient (Wildman–Crippen LogP) is 2.91. The van der Waals surface area contributed by atoms with Crippen LogP contribution in [0.2, 0.25) is 0 Å². The van der Waals surface area contributed by atoms with E-state index in [2.05, 4.69) is 25.5 Å². The Bertz CT molecular complexity index is 1030. The summed E-state index contributed by atoms with van der Waals surface area (Å²) < 4.78 is 7.24. The molecule has 9 nitrogen and oxygen atoms in total. The number of methoxy groups -OCH3 is 1. The van der Waals surface area contributed by atoms with E-state index in [1.807, 2.05) is 32.3 Å². The number of carbonyl (C=O) groups is 1. The zero-order valence-electron chi connectivity index (χ0n) is 17.5. The number of aryl methyl sites for hydroxylation is 1. The molecule has 0 amide bonds. The van der Waals surface area contributed by atoms with Crippen LogP contribution in [0.3, 0.4) is 0 Å². The zero-order valence-corrected chi connectivity index (χ0v) is 17.5. The summed E-state index contributed by atoms with van der Waals surface area (Å²) in [5.41, 5.74) is 3.19. The standard InChI is InChI=1S/C21H26N6O3/c1-26(2)10-9-22-15-5-6-17(19(12-15)30-4)25-21-23-8-7-16(24-21)18-11-14(20(28)29)13-27(18)3/h5-8,11-13,22H,9-10H2,1-4H3,(H,28,29)(H,23,24,25). The number of hydrogen-bond acceptors (Lipinski definition) is 7. The minimum absolute atomic E-state index is 0.208. The van der Waals surface area contributed by atoms with Gasteiger partial charge in [-0.3, -0.25) is 0 Å². The maximum atomic E-state index is 11.2. The number of carboxylic acids is 1. The van der Waals surface area contributed by atoms with Gasteiger partial charge in [-0.25, -0.2) is 14.8 Å². The fourth-order valence-corrected chi connectivity index (χ4v) is 2.95. The van der Waals surface area contributed by atoms with Crippen LogP contribution in [0.1, 0.15) is 10.4 Å². The van der Waals surface area contributed by atoms with Crippen LogP contribution in [0.4, 0.5) is 17.3 Å². The van der Waals surface area contributed by atoms with E-state index in [0.29, 0.717) is 23.1 Å². The first-order valence-electron chi connectivity index (χ1n) is 9.44. The Kier molecular flexibility index (Phi) is 6.53. The quantitative estimate of drug-likeness (QED) is 0.495. The summed E-state index contributed by atoms with van der Waals surface area (Å²) in [6.45, 7) is 1.74. The van der Waals surface area contributed by atoms with Gasteiger partial charge < -0.3 is 29.9 Å². The van der Waals surface area contributed by atoms with Crippen molar-refractivity contribution in [1.82, 2.24) is 19.4 Å². The van der Waals surface area contributed by atoms with E-state index in [1.54, 1.807) is 43.3 Å². The summed E-state index contributed by atoms with van der Waals surface area (Å²) in [5.74, 6) is 0.0661. The van der Waals surface area contributed by atoms with E-state index >= 15 is 0 Å². The Balaban J connectivity index is 1.79. The van der Waals surface area contributed by atoms with Crippen LogP contribution in [0, 0.1) is 0 Å². The second-order valence-electron chi connectivity index (χ2n) is 7.07. The second kappa shape index (κ2) is 9.27. The molecule has 2 heterocycles. The van der Waals surface area contributed by atoms with Crippen LogP contribution in [0.15, 0.2) is 42.7 Å². The lowest BCUT2D eigenvalue weighted by atomic mass is 10.2. The Labute approximate surface area is 175 Å². The van der Waals surface area contributed by atoms with Gasteiger partial charge in [-0.05, 0) is 38.4 Å². The number of aromatic nitrogens is 3. The summed E-state index contributed by atoms with van der Waals surface area (Å²) in [6, 6.07) is 9.10. The molecule has 0 radical (unpaired) electrons. The van der Waals surface area contributed by atoms with Crippen LogP contribution in [0.25, 0.3) is 11.4 Å². The lowest BCUT2D eigenvalue weighted by Crippen LogP contribution is -2.20. The van der Waals surface area contributed by atoms with E-state index in [0.717, 1.165) is 24.5 Å². The first-order chi connectivity index (χ1) is 14.4. The summed E-state index contributed by atoms with van der Waals surface area (Å²) in [4.78, 5) is 22.1. The third kappa shape index (κ3) is 5.06. The predicted molar refractivity (Wildman–Crippen MR) is 117 cm³/mol. The van der Waals surface area contributed by atoms with Gasteiger partial charge in [0, 0.05) is 44.3 Å². The minimum Gasteiger partial charge on any atom is -0.494 e. The fourth-order valence-electron chi connectivity index (χ4n) is 2.95. The first-order valence-corrected chi connectivity index (χ1v) is 9.44. The molecule has 158 valence electrons. The average molecular weight is 410 g/mol. The van der Waals surface area contributed by atoms with E-state index < -0.39 is 5.97 Å². The molecule has 3 aromatic rings. The molecule has 0 aliphatic rings. The Hall–Kier alpha value is -3.59. The van der Waals surface area contributed by atoms with Gasteiger partial charge in [0.2, 0.25) is 5.95 Å². The fraction of sp³-hybridized carbons (Fsp3) is 0.286. The molecule has 2 aromatic heterocycles. The highest BCUT2D eigenvalue weighted by Gasteiger charge is 2.13. The molecule has 0 aliphatic carbocycles. The van der Waals surface area contributed by atoms with Gasteiger partial charge in [-0.15, -0.1) is 0 Å². The van der Waals surface area contributed by atoms with Gasteiger partial charge >= 0.3 is 5.97 Å². The topological polar surface area (TPSA) is 105 Å². The summed E-state index contributed by atoms with van der Waals surface area (Å²) in [7, 11) is 7.45. The van der Waals surface area contributed by atoms with Crippen LogP contribution < -0.4 is 15.4 Å². The van der Waals surface area contributed by atoms with Crippen molar-refractivity contribution in [3.8, 4) is 17.1 Å². The number of hydrogen-bond donors (Lipinski definition) is 3. The van der Waals surface area contributed by atoms with Crippen molar-refractivity contribution in [2.75, 3.05) is 44.9 Å². The largest absolute Gasteiger partial charge is 0.494 e. The molecule has 0 atom stereocenters. The molecule has 3 N–H and O–H groups in total. The van der Waals surface area contributed by atoms with Crippen molar-refractivity contribution in [2.45, 2.75) is 0 Å². The van der Waals surface area contributed by atoms with E-state index in [-0.39, 0.29) is 5.56 Å². The van der Waals surface area contributed by atoms with Gasteiger partial charge in [0.05, 0.1) is 29.7 Å². The molecule has 0 saturated heterocycles. The highest BCUT2D eigenvalue weighted by atomic mass is 16.5. The van der Waals surface area contributed by atoms with Crippen molar-refractivity contribution in [3.63, 3.8) is 0 Å². The van der Waals surface area contributed by atoms with Crippen LogP contribution in [0.5, 0.6) is 5.75 Å². The van der Waals surface area contributed by atoms with Gasteiger partial charge in [0.15, 0.2) is 0 Å². The highest BCUT2D eigenvalue weighted by Crippen LogP contribution is 2.30. The number of ether oxygens (including phenoxy) is 1. The van der Waals surface area contributed by atoms with Crippen molar-refractivity contribution >= 4 is 23.3 Å². The monoisotopic (exact) mass is 410 g/mol. The Morgan fingerprint density at radius 1 is 1.27 bits per heavy atom. The Morgan fingerprint density at radius 2 is 2.07 bits per heavy atom. The molecular weight excluding hydrogens is 384 g/mol. The van der Waals surface area contributed by atoms with Gasteiger partial charge in [-0.1, -0.05) is 0 Å². The molecular formula is C21H26N6O3. The van der Waals surface area contributed by atoms with Crippen LogP contribution in [-0.4, -0.2) is 64.8 Å². The van der Waals surface area contributed by atoms with Crippen molar-refractivity contribution in [3.05, 3.63) is 48.3 Å². The molecule has 30 heavy (non-hydrogen) atoms. The lowest BCUT2D eigenvalue weighted by Gasteiger charge is -2.15. The van der Waals surface area contributed by atoms with Crippen molar-refractivity contribution < 1.29 is 14.6 Å². The molecule has 0 bridgehead atoms. The van der Waals surface area contributed by atoms with E-state index in [1.165, 1.54) is 0 Å². The Morgan fingerprint density at radius 3 is 2.73 bits per heavy atom. The van der Waals surface area contributed by atoms with E-state index in [9.17, 15) is 9.90 Å². The molecule has 9 heteroatoms. The average Bonchev–Trinajstić information content (AvgIpc) is 3.11. The number of likely N-dealkylation sites (N-methyl/N-ethyl adjacent to an activating group) is 1. The van der Waals surface area contributed by atoms with Crippen molar-refractivity contribution in [1.29, 1.82) is 0 Å². The highest BCUT2D eigenvalue weighted by molar-refractivity contribution is 5.89. The molecule has 0 saturated carbocycles. The van der Waals surface area contributed by atoms with Gasteiger partial charge in [0.25, 0.3) is 0 Å². The van der Waals surface area contributed by atoms with Gasteiger partial charge in [-0.2, -0.15) is 0 Å². The maximum absolute atomic E-state index is 11.2. The molecule has 0 unspecified atom stereocenters. The number of aromatic carboxylic acids is 1. The van der Waals surface area contributed by atoms with E-state index in [4.69, 9.17) is 4.74 Å². The summed E-state index contributed by atoms with van der Waals surface area (Å²) in [5, 5.41) is 15.7. The molecule has 0 spiro atoms. The number of rotatable bonds is 9. The zero-order chi connectivity index (χ0) is 21.7. The normalized spacial score (nSPS) is 10.8. The number of nitrogens with one attached hydrogen (secondary N) is 2. The minimum atomic E-state index is -0.978. The summed E-state index contributed by atoms with van der Waals surface area (Å²) >= 11 is 0. The van der Waals surface area contributed by atoms with Crippen molar-refractivity contribution in [2.24, 2.45) is 7.05 Å². The summed E-state index contributed by atoms with van der Waals surface area (Å²) in [6.07, 6.45) is 3.18. The number of benzene rings is 1. The molecule has 0 fully saturated rings. The number of carboxylic acid groups (broad SMARTS) is 1. The maximum Gasteiger partial charge on any atom is 0.337 e. The first kappa shape index (κ1) is 21.1. The molecule has 0 aliphatic heterocycles. The second-order valence-corrected chi connectivity index (χ2v) is 7.07.